The van der Waals surface area contributed by atoms with E-state index in [-0.39, 0.29) is 5.38 Å². The summed E-state index contributed by atoms with van der Waals surface area (Å²) in [6.45, 7) is 0. The summed E-state index contributed by atoms with van der Waals surface area (Å²) in [5.74, 6) is 0. The van der Waals surface area contributed by atoms with E-state index in [1.54, 1.807) is 0 Å². The molecule has 3 heteroatoms. The molecule has 1 N–H and O–H groups in total. The molecule has 0 spiro atoms. The van der Waals surface area contributed by atoms with Crippen molar-refractivity contribution in [3.05, 3.63) is 5.57 Å². The van der Waals surface area contributed by atoms with Crippen molar-refractivity contribution in [2.75, 3.05) is 0 Å². The van der Waals surface area contributed by atoms with E-state index < -0.39 is 6.10 Å². The lowest BCUT2D eigenvalue weighted by molar-refractivity contribution is 0.185. The van der Waals surface area contributed by atoms with E-state index in [9.17, 15) is 5.11 Å². The summed E-state index contributed by atoms with van der Waals surface area (Å²) in [5.41, 5.74) is 0.793. The molecule has 0 aromatic carbocycles. The van der Waals surface area contributed by atoms with Crippen molar-refractivity contribution < 1.29 is 5.11 Å². The minimum atomic E-state index is -0.548. The molecule has 0 bridgehead atoms. The largest absolute Gasteiger partial charge is 0.387 e. The van der Waals surface area contributed by atoms with Crippen LogP contribution < -0.4 is 0 Å². The van der Waals surface area contributed by atoms with Gasteiger partial charge in [-0.2, -0.15) is 0 Å². The number of aliphatic hydroxyl groups excluding tert-OH is 1. The van der Waals surface area contributed by atoms with Crippen LogP contribution in [0.5, 0.6) is 0 Å². The summed E-state index contributed by atoms with van der Waals surface area (Å²) >= 11 is 10.4. The van der Waals surface area contributed by atoms with Crippen molar-refractivity contribution in [2.45, 2.75) is 30.7 Å². The van der Waals surface area contributed by atoms with Crippen LogP contribution in [0.15, 0.2) is 5.57 Å². The zero-order chi connectivity index (χ0) is 7.56. The highest BCUT2D eigenvalue weighted by Gasteiger charge is 2.24. The number of halogens is 1. The highest BCUT2D eigenvalue weighted by Crippen LogP contribution is 2.25. The lowest BCUT2D eigenvalue weighted by Gasteiger charge is -2.23. The Morgan fingerprint density at radius 3 is 2.90 bits per heavy atom. The standard InChI is InChI=1S/C7H9ClOS/c8-6-3-1-2-5(4-10)7(6)9/h6-7,9H,1-3H2. The average Bonchev–Trinajstić information content (AvgIpc) is 1.95. The number of thiocarbonyl (C=S) groups is 1. The van der Waals surface area contributed by atoms with Crippen LogP contribution in [0.25, 0.3) is 0 Å². The van der Waals surface area contributed by atoms with Crippen molar-refractivity contribution in [1.82, 2.24) is 0 Å². The van der Waals surface area contributed by atoms with Crippen molar-refractivity contribution in [1.29, 1.82) is 0 Å². The van der Waals surface area contributed by atoms with Crippen LogP contribution in [0.1, 0.15) is 19.3 Å². The van der Waals surface area contributed by atoms with Gasteiger partial charge in [0.05, 0.1) is 11.5 Å². The Hall–Kier alpha value is 0.120. The molecular formula is C7H9ClOS. The smallest absolute Gasteiger partial charge is 0.0995 e. The molecular weight excluding hydrogens is 168 g/mol. The molecule has 0 heterocycles. The van der Waals surface area contributed by atoms with Crippen molar-refractivity contribution in [3.8, 4) is 0 Å². The fourth-order valence-corrected chi connectivity index (χ4v) is 1.65. The Morgan fingerprint density at radius 2 is 2.40 bits per heavy atom. The predicted molar refractivity (Wildman–Crippen MR) is 45.6 cm³/mol. The monoisotopic (exact) mass is 176 g/mol. The summed E-state index contributed by atoms with van der Waals surface area (Å²) in [5, 5.41) is 11.7. The zero-order valence-electron chi connectivity index (χ0n) is 5.51. The number of hydrogen-bond donors (Lipinski definition) is 1. The van der Waals surface area contributed by atoms with Crippen molar-refractivity contribution in [2.24, 2.45) is 0 Å². The fourth-order valence-electron chi connectivity index (χ4n) is 1.12. The van der Waals surface area contributed by atoms with Crippen LogP contribution in [-0.2, 0) is 0 Å². The van der Waals surface area contributed by atoms with Gasteiger partial charge >= 0.3 is 0 Å². The second-order valence-electron chi connectivity index (χ2n) is 2.48. The second kappa shape index (κ2) is 3.49. The van der Waals surface area contributed by atoms with Gasteiger partial charge in [-0.05, 0) is 36.5 Å². The van der Waals surface area contributed by atoms with E-state index in [1.165, 1.54) is 0 Å². The molecule has 1 rings (SSSR count). The summed E-state index contributed by atoms with van der Waals surface area (Å²) in [4.78, 5) is 0. The number of aliphatic hydroxyl groups is 1. The maximum absolute atomic E-state index is 9.34. The first-order valence-electron chi connectivity index (χ1n) is 3.31. The summed E-state index contributed by atoms with van der Waals surface area (Å²) < 4.78 is 0. The number of alkyl halides is 1. The molecule has 1 aliphatic carbocycles. The molecule has 56 valence electrons. The molecule has 1 fully saturated rings. The molecule has 0 saturated heterocycles. The van der Waals surface area contributed by atoms with Crippen molar-refractivity contribution in [3.63, 3.8) is 0 Å². The summed E-state index contributed by atoms with van der Waals surface area (Å²) in [6, 6.07) is 0. The predicted octanol–water partition coefficient (Wildman–Crippen LogP) is 1.66. The third kappa shape index (κ3) is 1.58. The van der Waals surface area contributed by atoms with Crippen LogP contribution in [0.3, 0.4) is 0 Å². The second-order valence-corrected chi connectivity index (χ2v) is 3.25. The first-order valence-corrected chi connectivity index (χ1v) is 4.16. The van der Waals surface area contributed by atoms with Gasteiger partial charge in [0.25, 0.3) is 0 Å². The minimum Gasteiger partial charge on any atom is -0.387 e. The molecule has 10 heavy (non-hydrogen) atoms. The molecule has 1 nitrogen and oxygen atoms in total. The van der Waals surface area contributed by atoms with Gasteiger partial charge < -0.3 is 5.11 Å². The third-order valence-electron chi connectivity index (χ3n) is 1.76. The van der Waals surface area contributed by atoms with Gasteiger partial charge in [-0.25, -0.2) is 0 Å². The number of rotatable bonds is 0. The van der Waals surface area contributed by atoms with E-state index in [0.717, 1.165) is 24.8 Å². The third-order valence-corrected chi connectivity index (χ3v) is 2.48. The normalized spacial score (nSPS) is 33.6. The first kappa shape index (κ1) is 8.22. The topological polar surface area (TPSA) is 20.2 Å². The Balaban J connectivity index is 2.69. The molecule has 2 atom stereocenters. The quantitative estimate of drug-likeness (QED) is 0.448. The van der Waals surface area contributed by atoms with Crippen LogP contribution in [-0.4, -0.2) is 21.6 Å². The Labute approximate surface area is 70.7 Å². The summed E-state index contributed by atoms with van der Waals surface area (Å²) in [7, 11) is 0. The molecule has 2 unspecified atom stereocenters. The van der Waals surface area contributed by atoms with Gasteiger partial charge in [0.2, 0.25) is 0 Å². The van der Waals surface area contributed by atoms with Gasteiger partial charge in [-0.1, -0.05) is 0 Å². The summed E-state index contributed by atoms with van der Waals surface area (Å²) in [6.07, 6.45) is 2.20. The van der Waals surface area contributed by atoms with Gasteiger partial charge in [0, 0.05) is 5.57 Å². The highest BCUT2D eigenvalue weighted by molar-refractivity contribution is 7.78. The zero-order valence-corrected chi connectivity index (χ0v) is 7.08. The van der Waals surface area contributed by atoms with Crippen LogP contribution >= 0.6 is 23.8 Å². The van der Waals surface area contributed by atoms with Crippen LogP contribution in [0.2, 0.25) is 0 Å². The maximum atomic E-state index is 9.34. The van der Waals surface area contributed by atoms with Crippen LogP contribution in [0, 0.1) is 0 Å². The molecule has 0 amide bonds. The molecule has 0 radical (unpaired) electrons. The Morgan fingerprint density at radius 1 is 1.70 bits per heavy atom. The number of hydrogen-bond acceptors (Lipinski definition) is 2. The molecule has 0 aromatic rings. The van der Waals surface area contributed by atoms with E-state index in [2.05, 4.69) is 17.2 Å². The molecule has 1 saturated carbocycles. The SMILES string of the molecule is OC1C(=C=S)CCCC1Cl. The van der Waals surface area contributed by atoms with Gasteiger partial charge in [0.15, 0.2) is 0 Å². The van der Waals surface area contributed by atoms with E-state index >= 15 is 0 Å². The fraction of sp³-hybridized carbons (Fsp3) is 0.714. The molecule has 0 aliphatic heterocycles. The Bertz CT molecular complexity index is 174. The van der Waals surface area contributed by atoms with E-state index in [1.807, 2.05) is 0 Å². The average molecular weight is 177 g/mol. The van der Waals surface area contributed by atoms with E-state index in [4.69, 9.17) is 11.6 Å². The van der Waals surface area contributed by atoms with Gasteiger partial charge in [-0.15, -0.1) is 11.6 Å². The minimum absolute atomic E-state index is 0.154. The van der Waals surface area contributed by atoms with E-state index in [0.29, 0.717) is 0 Å². The first-order chi connectivity index (χ1) is 4.75. The highest BCUT2D eigenvalue weighted by atomic mass is 35.5. The lowest BCUT2D eigenvalue weighted by Crippen LogP contribution is -2.27. The van der Waals surface area contributed by atoms with Crippen LogP contribution in [0.4, 0.5) is 0 Å². The molecule has 1 aliphatic rings. The Kier molecular flexibility index (Phi) is 2.87. The van der Waals surface area contributed by atoms with Crippen molar-refractivity contribution >= 4 is 28.8 Å². The maximum Gasteiger partial charge on any atom is 0.0995 e. The molecule has 0 aromatic heterocycles. The van der Waals surface area contributed by atoms with Gasteiger partial charge in [-0.3, -0.25) is 0 Å². The van der Waals surface area contributed by atoms with Gasteiger partial charge in [0.1, 0.15) is 0 Å². The lowest BCUT2D eigenvalue weighted by atomic mass is 9.93.